The molecule has 4 aromatic rings. The molecule has 3 aliphatic heterocycles. The van der Waals surface area contributed by atoms with Gasteiger partial charge in [-0.05, 0) is 67.3 Å². The lowest BCUT2D eigenvalue weighted by atomic mass is 9.60. The van der Waals surface area contributed by atoms with Crippen LogP contribution in [0.1, 0.15) is 44.1 Å². The van der Waals surface area contributed by atoms with Crippen LogP contribution < -0.4 is 15.0 Å². The summed E-state index contributed by atoms with van der Waals surface area (Å²) in [6.07, 6.45) is 10.5. The Labute approximate surface area is 271 Å². The topological polar surface area (TPSA) is 73.8 Å². The average molecular weight is 640 g/mol. The van der Waals surface area contributed by atoms with Crippen LogP contribution in [0.2, 0.25) is 0 Å². The molecule has 0 radical (unpaired) electrons. The summed E-state index contributed by atoms with van der Waals surface area (Å²) >= 11 is 0. The summed E-state index contributed by atoms with van der Waals surface area (Å²) in [7, 11) is 0. The molecule has 3 aromatic carbocycles. The Morgan fingerprint density at radius 3 is 2.47 bits per heavy atom. The second kappa shape index (κ2) is 10.2. The smallest absolute Gasteiger partial charge is 0.319 e. The third kappa shape index (κ3) is 4.65. The third-order valence-corrected chi connectivity index (χ3v) is 11.5. The molecule has 2 saturated carbocycles. The normalized spacial score (nSPS) is 25.0. The fourth-order valence-corrected chi connectivity index (χ4v) is 8.55. The van der Waals surface area contributed by atoms with Crippen molar-refractivity contribution in [1.29, 1.82) is 0 Å². The number of nitrogens with one attached hydrogen (secondary N) is 1. The average Bonchev–Trinajstić information content (AvgIpc) is 3.74. The van der Waals surface area contributed by atoms with Crippen molar-refractivity contribution < 1.29 is 23.0 Å². The second-order valence-corrected chi connectivity index (χ2v) is 14.7. The molecule has 1 spiro atoms. The number of fused-ring (bicyclic) bond motifs is 4. The lowest BCUT2D eigenvalue weighted by Crippen LogP contribution is -2.70. The fraction of sp³-hybridized carbons (Fsp3) is 0.459. The SMILES string of the molecule is C#Cc1cccc2cc(O)cc(-c3ccc4c(N5CC6CCC(C5)N6)nc(OCC5(CN6CC7(CCC7(F)F)C6)CC5)nc4c3F)c12. The van der Waals surface area contributed by atoms with E-state index in [9.17, 15) is 13.9 Å². The summed E-state index contributed by atoms with van der Waals surface area (Å²) in [4.78, 5) is 13.9. The number of benzene rings is 3. The highest BCUT2D eigenvalue weighted by Crippen LogP contribution is 2.60. The van der Waals surface area contributed by atoms with E-state index in [0.717, 1.165) is 38.8 Å². The van der Waals surface area contributed by atoms with Crippen LogP contribution in [0.15, 0.2) is 42.5 Å². The van der Waals surface area contributed by atoms with Gasteiger partial charge in [-0.25, -0.2) is 13.2 Å². The number of nitrogens with zero attached hydrogens (tertiary/aromatic N) is 4. The zero-order valence-electron chi connectivity index (χ0n) is 26.0. The second-order valence-electron chi connectivity index (χ2n) is 14.7. The molecule has 4 heterocycles. The van der Waals surface area contributed by atoms with Crippen LogP contribution in [0.25, 0.3) is 32.8 Å². The van der Waals surface area contributed by atoms with Crippen LogP contribution in [-0.2, 0) is 0 Å². The number of phenols is 1. The number of aromatic hydroxyl groups is 1. The van der Waals surface area contributed by atoms with Crippen LogP contribution in [0.4, 0.5) is 19.0 Å². The number of ether oxygens (including phenoxy) is 1. The van der Waals surface area contributed by atoms with Gasteiger partial charge >= 0.3 is 6.01 Å². The van der Waals surface area contributed by atoms with Gasteiger partial charge in [0.1, 0.15) is 17.1 Å². The number of terminal acetylenes is 1. The van der Waals surface area contributed by atoms with Crippen LogP contribution in [0, 0.1) is 29.0 Å². The summed E-state index contributed by atoms with van der Waals surface area (Å²) in [6.45, 7) is 3.41. The van der Waals surface area contributed by atoms with Crippen molar-refractivity contribution in [3.63, 3.8) is 0 Å². The van der Waals surface area contributed by atoms with E-state index in [4.69, 9.17) is 16.1 Å². The van der Waals surface area contributed by atoms with Crippen LogP contribution >= 0.6 is 0 Å². The molecule has 7 nitrogen and oxygen atoms in total. The number of hydrogen-bond acceptors (Lipinski definition) is 7. The van der Waals surface area contributed by atoms with Crippen molar-refractivity contribution in [2.24, 2.45) is 10.8 Å². The summed E-state index contributed by atoms with van der Waals surface area (Å²) in [5.74, 6) is 0.259. The Bertz CT molecular complexity index is 1970. The molecule has 2 bridgehead atoms. The highest BCUT2D eigenvalue weighted by Gasteiger charge is 2.67. The molecule has 2 atom stereocenters. The number of likely N-dealkylation sites (tertiary alicyclic amines) is 1. The van der Waals surface area contributed by atoms with E-state index in [2.05, 4.69) is 26.0 Å². The quantitative estimate of drug-likeness (QED) is 0.237. The van der Waals surface area contributed by atoms with Gasteiger partial charge in [-0.3, -0.25) is 0 Å². The highest BCUT2D eigenvalue weighted by atomic mass is 19.3. The Morgan fingerprint density at radius 1 is 1.00 bits per heavy atom. The largest absolute Gasteiger partial charge is 0.508 e. The molecule has 5 aliphatic rings. The Hall–Kier alpha value is -4.07. The Kier molecular flexibility index (Phi) is 6.32. The molecule has 47 heavy (non-hydrogen) atoms. The van der Waals surface area contributed by atoms with Crippen molar-refractivity contribution in [3.05, 3.63) is 53.8 Å². The molecule has 1 aromatic heterocycles. The minimum absolute atomic E-state index is 0.00366. The first-order valence-corrected chi connectivity index (χ1v) is 16.6. The van der Waals surface area contributed by atoms with Gasteiger partial charge in [0.2, 0.25) is 0 Å². The predicted molar refractivity (Wildman–Crippen MR) is 174 cm³/mol. The number of hydrogen-bond donors (Lipinski definition) is 2. The van der Waals surface area contributed by atoms with E-state index < -0.39 is 17.2 Å². The number of alkyl halides is 2. The van der Waals surface area contributed by atoms with Crippen molar-refractivity contribution in [2.75, 3.05) is 44.2 Å². The number of rotatable bonds is 7. The van der Waals surface area contributed by atoms with Gasteiger partial charge in [0, 0.05) is 78.5 Å². The molecule has 10 heteroatoms. The molecule has 2 aliphatic carbocycles. The van der Waals surface area contributed by atoms with Crippen molar-refractivity contribution >= 4 is 27.5 Å². The highest BCUT2D eigenvalue weighted by molar-refractivity contribution is 6.04. The van der Waals surface area contributed by atoms with Gasteiger partial charge in [-0.2, -0.15) is 9.97 Å². The summed E-state index contributed by atoms with van der Waals surface area (Å²) in [5, 5.41) is 16.2. The maximum Gasteiger partial charge on any atom is 0.319 e. The lowest BCUT2D eigenvalue weighted by molar-refractivity contribution is -0.260. The first-order chi connectivity index (χ1) is 22.6. The van der Waals surface area contributed by atoms with Gasteiger partial charge in [0.25, 0.3) is 5.92 Å². The molecular weight excluding hydrogens is 603 g/mol. The minimum atomic E-state index is -2.55. The number of aromatic nitrogens is 2. The van der Waals surface area contributed by atoms with Crippen LogP contribution in [0.3, 0.4) is 0 Å². The summed E-state index contributed by atoms with van der Waals surface area (Å²) in [5.41, 5.74) is 0.529. The van der Waals surface area contributed by atoms with Crippen LogP contribution in [-0.4, -0.2) is 77.3 Å². The van der Waals surface area contributed by atoms with E-state index in [1.807, 2.05) is 18.2 Å². The van der Waals surface area contributed by atoms with E-state index in [1.165, 1.54) is 6.07 Å². The Balaban J connectivity index is 1.07. The molecule has 0 amide bonds. The van der Waals surface area contributed by atoms with E-state index >= 15 is 4.39 Å². The number of piperazine rings is 1. The first kappa shape index (κ1) is 29.1. The molecule has 9 rings (SSSR count). The van der Waals surface area contributed by atoms with Crippen molar-refractivity contribution in [2.45, 2.75) is 56.5 Å². The van der Waals surface area contributed by atoms with Gasteiger partial charge in [-0.15, -0.1) is 6.42 Å². The molecular formula is C37H36F3N5O2. The van der Waals surface area contributed by atoms with E-state index in [-0.39, 0.29) is 34.7 Å². The monoisotopic (exact) mass is 639 g/mol. The zero-order valence-corrected chi connectivity index (χ0v) is 26.0. The summed E-state index contributed by atoms with van der Waals surface area (Å²) in [6, 6.07) is 13.0. The van der Waals surface area contributed by atoms with Gasteiger partial charge in [0.15, 0.2) is 5.82 Å². The number of halogens is 3. The van der Waals surface area contributed by atoms with E-state index in [0.29, 0.717) is 77.8 Å². The molecule has 242 valence electrons. The van der Waals surface area contributed by atoms with Crippen LogP contribution in [0.5, 0.6) is 11.8 Å². The van der Waals surface area contributed by atoms with Gasteiger partial charge in [-0.1, -0.05) is 24.1 Å². The third-order valence-electron chi connectivity index (χ3n) is 11.5. The van der Waals surface area contributed by atoms with Crippen molar-refractivity contribution in [3.8, 4) is 35.2 Å². The predicted octanol–water partition coefficient (Wildman–Crippen LogP) is 6.11. The molecule has 3 saturated heterocycles. The Morgan fingerprint density at radius 2 is 1.79 bits per heavy atom. The molecule has 5 fully saturated rings. The first-order valence-electron chi connectivity index (χ1n) is 16.6. The summed E-state index contributed by atoms with van der Waals surface area (Å²) < 4.78 is 51.5. The standard InChI is InChI=1S/C37H36F3N5O2/c1-2-22-4-3-5-23-14-26(46)15-29(30(22)23)27-8-9-28-32(31(27)38)42-34(43-33(28)45-16-24-6-7-25(17-45)41-24)47-21-35(10-11-35)18-44-19-36(20-44)12-13-37(36,39)40/h1,3-5,8-9,14-15,24-25,41,46H,6-7,10-13,16-21H2. The number of phenolic OH excluding ortho intramolecular Hbond substituents is 1. The maximum atomic E-state index is 16.9. The minimum Gasteiger partial charge on any atom is -0.508 e. The maximum absolute atomic E-state index is 16.9. The van der Waals surface area contributed by atoms with Crippen molar-refractivity contribution in [1.82, 2.24) is 20.2 Å². The number of anilines is 1. The van der Waals surface area contributed by atoms with E-state index in [1.54, 1.807) is 18.2 Å². The molecule has 2 N–H and O–H groups in total. The van der Waals surface area contributed by atoms with Gasteiger partial charge in [0.05, 0.1) is 12.0 Å². The fourth-order valence-electron chi connectivity index (χ4n) is 8.55. The zero-order chi connectivity index (χ0) is 32.1. The van der Waals surface area contributed by atoms with Gasteiger partial charge < -0.3 is 25.0 Å². The lowest BCUT2D eigenvalue weighted by Gasteiger charge is -2.60. The molecule has 2 unspecified atom stereocenters.